The van der Waals surface area contributed by atoms with Crippen molar-refractivity contribution in [3.8, 4) is 11.3 Å². The predicted molar refractivity (Wildman–Crippen MR) is 120 cm³/mol. The van der Waals surface area contributed by atoms with Crippen molar-refractivity contribution >= 4 is 35.6 Å². The molecule has 2 aromatic heterocycles. The monoisotopic (exact) mass is 444 g/mol. The van der Waals surface area contributed by atoms with Crippen LogP contribution < -0.4 is 10.5 Å². The van der Waals surface area contributed by atoms with Crippen LogP contribution in [0.2, 0.25) is 0 Å². The number of hydrogen-bond acceptors (Lipinski definition) is 4. The number of halogens is 1. The van der Waals surface area contributed by atoms with Gasteiger partial charge >= 0.3 is 5.65 Å². The fraction of sp³-hybridized carbons (Fsp3) is 0.348. The van der Waals surface area contributed by atoms with E-state index in [-0.39, 0.29) is 29.6 Å². The van der Waals surface area contributed by atoms with E-state index in [1.165, 1.54) is 10.0 Å². The van der Waals surface area contributed by atoms with E-state index in [2.05, 4.69) is 0 Å². The van der Waals surface area contributed by atoms with Crippen molar-refractivity contribution in [2.75, 3.05) is 0 Å². The highest BCUT2D eigenvalue weighted by atomic mass is 32.2. The molecule has 0 bridgehead atoms. The van der Waals surface area contributed by atoms with Gasteiger partial charge in [-0.2, -0.15) is 0 Å². The van der Waals surface area contributed by atoms with Crippen molar-refractivity contribution in [1.29, 1.82) is 0 Å². The molecule has 6 nitrogen and oxygen atoms in total. The molecule has 31 heavy (non-hydrogen) atoms. The smallest absolute Gasteiger partial charge is 0.343 e. The molecule has 1 aliphatic rings. The molecule has 1 aromatic carbocycles. The maximum Gasteiger partial charge on any atom is 0.343 e. The lowest BCUT2D eigenvalue weighted by atomic mass is 9.81. The third-order valence-electron chi connectivity index (χ3n) is 5.70. The van der Waals surface area contributed by atoms with Crippen molar-refractivity contribution in [1.82, 2.24) is 3.97 Å². The molecule has 0 radical (unpaired) electrons. The van der Waals surface area contributed by atoms with Crippen LogP contribution in [0.25, 0.3) is 22.3 Å². The second-order valence-corrected chi connectivity index (χ2v) is 7.80. The Labute approximate surface area is 185 Å². The van der Waals surface area contributed by atoms with Crippen molar-refractivity contribution in [2.24, 2.45) is 5.73 Å². The molecule has 3 N–H and O–H groups in total. The summed E-state index contributed by atoms with van der Waals surface area (Å²) < 4.78 is 16.2. The lowest BCUT2D eigenvalue weighted by Gasteiger charge is -2.22. The van der Waals surface area contributed by atoms with Crippen molar-refractivity contribution in [2.45, 2.75) is 51.9 Å². The Morgan fingerprint density at radius 3 is 2.48 bits per heavy atom. The third kappa shape index (κ3) is 4.04. The average molecular weight is 445 g/mol. The van der Waals surface area contributed by atoms with Gasteiger partial charge in [0.25, 0.3) is 18.2 Å². The largest absolute Gasteiger partial charge is 0.362 e. The molecule has 0 saturated heterocycles. The minimum Gasteiger partial charge on any atom is -0.362 e. The van der Waals surface area contributed by atoms with Gasteiger partial charge in [0.1, 0.15) is 0 Å². The third-order valence-corrected chi connectivity index (χ3v) is 6.19. The number of carbonyl (C=O) groups is 2. The minimum absolute atomic E-state index is 0.0739. The first-order valence-electron chi connectivity index (χ1n) is 10.5. The number of primary amides is 1. The van der Waals surface area contributed by atoms with Gasteiger partial charge in [0.05, 0.1) is 5.39 Å². The van der Waals surface area contributed by atoms with E-state index >= 15 is 0 Å². The summed E-state index contributed by atoms with van der Waals surface area (Å²) in [4.78, 5) is 23.4. The average Bonchev–Trinajstić information content (AvgIpc) is 3.15. The number of aldehydes is 1. The summed E-state index contributed by atoms with van der Waals surface area (Å²) in [5.74, 6) is -0.658. The number of nitrogens with two attached hydrogens (primary N) is 1. The zero-order valence-electron chi connectivity index (χ0n) is 17.7. The first-order chi connectivity index (χ1) is 15.1. The highest BCUT2D eigenvalue weighted by Crippen LogP contribution is 2.45. The van der Waals surface area contributed by atoms with E-state index in [0.29, 0.717) is 26.9 Å². The molecule has 1 amide bonds. The van der Waals surface area contributed by atoms with E-state index in [1.54, 1.807) is 30.3 Å². The van der Waals surface area contributed by atoms with Crippen LogP contribution in [0.1, 0.15) is 78.3 Å². The fourth-order valence-electron chi connectivity index (χ4n) is 4.41. The molecular weight excluding hydrogens is 417 g/mol. The fourth-order valence-corrected chi connectivity index (χ4v) is 4.92. The first-order valence-corrected chi connectivity index (χ1v) is 11.2. The predicted octanol–water partition coefficient (Wildman–Crippen LogP) is 5.20. The van der Waals surface area contributed by atoms with E-state index in [1.807, 2.05) is 13.8 Å². The molecule has 3 aromatic rings. The van der Waals surface area contributed by atoms with Gasteiger partial charge in [0.15, 0.2) is 12.0 Å². The van der Waals surface area contributed by atoms with Crippen LogP contribution in [-0.4, -0.2) is 21.4 Å². The summed E-state index contributed by atoms with van der Waals surface area (Å²) in [6.07, 6.45) is 5.90. The van der Waals surface area contributed by atoms with Gasteiger partial charge in [-0.3, -0.25) is 9.59 Å². The van der Waals surface area contributed by atoms with E-state index < -0.39 is 5.91 Å². The van der Waals surface area contributed by atoms with Crippen LogP contribution in [0.15, 0.2) is 36.4 Å². The van der Waals surface area contributed by atoms with Crippen LogP contribution in [-0.2, 0) is 0 Å². The SMILES string of the molecule is CC.NC(=O)c1ccc2c(C3CCCCC3)c(-c3ccccc3C=O)n(SF)c2[n+]1O. The number of carbonyl (C=O) groups excluding carboxylic acids is 2. The van der Waals surface area contributed by atoms with Gasteiger partial charge in [0, 0.05) is 16.7 Å². The molecule has 1 aliphatic carbocycles. The minimum atomic E-state index is -0.819. The zero-order chi connectivity index (χ0) is 22.5. The summed E-state index contributed by atoms with van der Waals surface area (Å²) >= 11 is -0.0739. The Bertz CT molecular complexity index is 1110. The number of hydrogen-bond donors (Lipinski definition) is 2. The summed E-state index contributed by atoms with van der Waals surface area (Å²) in [5, 5.41) is 11.3. The maximum absolute atomic E-state index is 14.3. The van der Waals surface area contributed by atoms with Gasteiger partial charge < -0.3 is 10.9 Å². The molecule has 4 rings (SSSR count). The number of aromatic nitrogens is 2. The van der Waals surface area contributed by atoms with Gasteiger partial charge in [-0.1, -0.05) is 51.3 Å². The zero-order valence-corrected chi connectivity index (χ0v) is 18.5. The first kappa shape index (κ1) is 22.8. The number of pyridine rings is 1. The van der Waals surface area contributed by atoms with Crippen LogP contribution in [0.5, 0.6) is 0 Å². The van der Waals surface area contributed by atoms with Gasteiger partial charge in [0.2, 0.25) is 5.69 Å². The molecular formula is C23H27FN3O3S+. The number of benzene rings is 1. The van der Waals surface area contributed by atoms with Crippen molar-refractivity contribution in [3.05, 3.63) is 53.2 Å². The van der Waals surface area contributed by atoms with Crippen molar-refractivity contribution in [3.63, 3.8) is 0 Å². The van der Waals surface area contributed by atoms with E-state index in [9.17, 15) is 18.7 Å². The number of amides is 1. The van der Waals surface area contributed by atoms with Crippen LogP contribution in [0.4, 0.5) is 3.89 Å². The van der Waals surface area contributed by atoms with Gasteiger partial charge in [-0.25, -0.2) is 0 Å². The lowest BCUT2D eigenvalue weighted by molar-refractivity contribution is -0.887. The molecule has 2 heterocycles. The number of rotatable bonds is 5. The van der Waals surface area contributed by atoms with E-state index in [0.717, 1.165) is 44.0 Å². The molecule has 0 spiro atoms. The van der Waals surface area contributed by atoms with E-state index in [4.69, 9.17) is 5.73 Å². The topological polar surface area (TPSA) is 89.2 Å². The summed E-state index contributed by atoms with van der Waals surface area (Å²) in [7, 11) is 0. The van der Waals surface area contributed by atoms with Crippen LogP contribution in [0, 0.1) is 0 Å². The molecule has 0 aliphatic heterocycles. The second kappa shape index (κ2) is 9.96. The highest BCUT2D eigenvalue weighted by molar-refractivity contribution is 7.93. The summed E-state index contributed by atoms with van der Waals surface area (Å²) in [6, 6.07) is 10.1. The molecule has 8 heteroatoms. The standard InChI is InChI=1S/C21H20FN3O3S.C2H6/c22-29-25-19(15-9-5-4-8-14(15)12-26)18(13-6-2-1-3-7-13)16-10-11-17(20(23)27)24(28)21(16)25;1-2/h4-5,8-13H,1-3,6-7H2,(H2-,23,27,28);1-2H3/p+1. The number of nitrogens with zero attached hydrogens (tertiary/aromatic N) is 2. The maximum atomic E-state index is 14.3. The van der Waals surface area contributed by atoms with Crippen molar-refractivity contribution < 1.29 is 23.4 Å². The van der Waals surface area contributed by atoms with Crippen LogP contribution in [0.3, 0.4) is 0 Å². The lowest BCUT2D eigenvalue weighted by Crippen LogP contribution is -2.41. The Hall–Kier alpha value is -2.87. The van der Waals surface area contributed by atoms with Gasteiger partial charge in [-0.15, -0.1) is 7.86 Å². The molecule has 1 fully saturated rings. The summed E-state index contributed by atoms with van der Waals surface area (Å²) in [6.45, 7) is 4.00. The second-order valence-electron chi connectivity index (χ2n) is 7.30. The Kier molecular flexibility index (Phi) is 7.33. The normalized spacial score (nSPS) is 14.2. The Morgan fingerprint density at radius 2 is 1.87 bits per heavy atom. The van der Waals surface area contributed by atoms with Crippen LogP contribution >= 0.6 is 12.3 Å². The summed E-state index contributed by atoms with van der Waals surface area (Å²) in [5.41, 5.74) is 7.79. The molecule has 0 unspecified atom stereocenters. The molecule has 1 saturated carbocycles. The number of fused-ring (bicyclic) bond motifs is 1. The quantitative estimate of drug-likeness (QED) is 0.322. The molecule has 164 valence electrons. The van der Waals surface area contributed by atoms with Gasteiger partial charge in [-0.05, 0) is 41.7 Å². The Balaban J connectivity index is 0.00000132. The molecule has 0 atom stereocenters. The highest BCUT2D eigenvalue weighted by Gasteiger charge is 2.36. The Morgan fingerprint density at radius 1 is 1.19 bits per heavy atom.